The number of amides is 1. The summed E-state index contributed by atoms with van der Waals surface area (Å²) >= 11 is 1.60. The van der Waals surface area contributed by atoms with E-state index < -0.39 is 5.91 Å². The number of nitrogens with two attached hydrogens (primary N) is 1. The maximum Gasteiger partial charge on any atom is 0.284 e. The minimum atomic E-state index is -0.536. The molecule has 0 aliphatic carbocycles. The summed E-state index contributed by atoms with van der Waals surface area (Å²) in [6.07, 6.45) is 0. The molecule has 4 heteroatoms. The minimum Gasteiger partial charge on any atom is -0.449 e. The first-order valence-corrected chi connectivity index (χ1v) is 7.35. The van der Waals surface area contributed by atoms with Crippen molar-refractivity contribution in [1.82, 2.24) is 0 Å². The predicted octanol–water partition coefficient (Wildman–Crippen LogP) is 4.41. The summed E-state index contributed by atoms with van der Waals surface area (Å²) in [5.41, 5.74) is 8.29. The summed E-state index contributed by atoms with van der Waals surface area (Å²) in [6, 6.07) is 18.2. The summed E-state index contributed by atoms with van der Waals surface area (Å²) in [5, 5.41) is 1.02. The van der Waals surface area contributed by atoms with Crippen molar-refractivity contribution in [2.75, 3.05) is 0 Å². The van der Waals surface area contributed by atoms with Crippen LogP contribution in [0.15, 0.2) is 59.0 Å². The Morgan fingerprint density at radius 1 is 0.952 bits per heavy atom. The topological polar surface area (TPSA) is 56.2 Å². The third-order valence-electron chi connectivity index (χ3n) is 3.49. The van der Waals surface area contributed by atoms with E-state index in [2.05, 4.69) is 30.3 Å². The van der Waals surface area contributed by atoms with Crippen LogP contribution in [0.1, 0.15) is 10.6 Å². The van der Waals surface area contributed by atoms with E-state index in [9.17, 15) is 4.79 Å². The van der Waals surface area contributed by atoms with Crippen molar-refractivity contribution in [3.8, 4) is 11.1 Å². The molecule has 0 saturated carbocycles. The molecule has 0 aliphatic rings. The lowest BCUT2D eigenvalue weighted by atomic mass is 10.0. The molecule has 4 rings (SSSR count). The summed E-state index contributed by atoms with van der Waals surface area (Å²) in [4.78, 5) is 11.2. The van der Waals surface area contributed by atoms with Crippen LogP contribution in [0.25, 0.3) is 31.5 Å². The Balaban J connectivity index is 1.96. The average Bonchev–Trinajstić information content (AvgIpc) is 3.05. The first-order valence-electron chi connectivity index (χ1n) is 6.54. The van der Waals surface area contributed by atoms with Gasteiger partial charge in [0.1, 0.15) is 0 Å². The molecule has 0 aliphatic heterocycles. The van der Waals surface area contributed by atoms with Gasteiger partial charge in [-0.3, -0.25) is 4.79 Å². The maximum absolute atomic E-state index is 11.2. The fraction of sp³-hybridized carbons (Fsp3) is 0. The Labute approximate surface area is 124 Å². The molecule has 2 aromatic carbocycles. The van der Waals surface area contributed by atoms with Crippen molar-refractivity contribution in [2.45, 2.75) is 0 Å². The Morgan fingerprint density at radius 2 is 1.76 bits per heavy atom. The Hall–Kier alpha value is -2.59. The van der Waals surface area contributed by atoms with E-state index in [1.807, 2.05) is 18.2 Å². The van der Waals surface area contributed by atoms with Crippen molar-refractivity contribution in [3.63, 3.8) is 0 Å². The maximum atomic E-state index is 11.2. The van der Waals surface area contributed by atoms with Gasteiger partial charge in [-0.1, -0.05) is 36.4 Å². The SMILES string of the molecule is NC(=O)c1cc2sc3ccc(-c4ccccc4)cc3c2o1. The molecule has 4 aromatic rings. The largest absolute Gasteiger partial charge is 0.449 e. The van der Waals surface area contributed by atoms with Gasteiger partial charge in [0.05, 0.1) is 4.70 Å². The molecule has 2 heterocycles. The van der Waals surface area contributed by atoms with Gasteiger partial charge in [0.15, 0.2) is 11.3 Å². The number of carbonyl (C=O) groups excluding carboxylic acids is 1. The summed E-state index contributed by atoms with van der Waals surface area (Å²) < 4.78 is 7.70. The van der Waals surface area contributed by atoms with E-state index >= 15 is 0 Å². The van der Waals surface area contributed by atoms with Gasteiger partial charge in [0.2, 0.25) is 0 Å². The molecule has 102 valence electrons. The van der Waals surface area contributed by atoms with E-state index in [-0.39, 0.29) is 5.76 Å². The molecule has 0 bridgehead atoms. The lowest BCUT2D eigenvalue weighted by molar-refractivity contribution is 0.0976. The van der Waals surface area contributed by atoms with Crippen molar-refractivity contribution in [2.24, 2.45) is 5.73 Å². The van der Waals surface area contributed by atoms with Crippen LogP contribution in [0.4, 0.5) is 0 Å². The third-order valence-corrected chi connectivity index (χ3v) is 4.59. The fourth-order valence-electron chi connectivity index (χ4n) is 2.48. The predicted molar refractivity (Wildman–Crippen MR) is 85.6 cm³/mol. The first-order chi connectivity index (χ1) is 10.2. The van der Waals surface area contributed by atoms with Crippen molar-refractivity contribution < 1.29 is 9.21 Å². The zero-order chi connectivity index (χ0) is 14.4. The highest BCUT2D eigenvalue weighted by molar-refractivity contribution is 7.25. The zero-order valence-electron chi connectivity index (χ0n) is 11.0. The van der Waals surface area contributed by atoms with E-state index in [1.54, 1.807) is 17.4 Å². The molecular formula is C17H11NO2S. The minimum absolute atomic E-state index is 0.211. The number of fused-ring (bicyclic) bond motifs is 3. The van der Waals surface area contributed by atoms with Crippen LogP contribution < -0.4 is 5.73 Å². The number of carbonyl (C=O) groups is 1. The number of hydrogen-bond acceptors (Lipinski definition) is 3. The highest BCUT2D eigenvalue weighted by Gasteiger charge is 2.14. The van der Waals surface area contributed by atoms with Gasteiger partial charge in [-0.2, -0.15) is 0 Å². The van der Waals surface area contributed by atoms with Crippen LogP contribution >= 0.6 is 11.3 Å². The van der Waals surface area contributed by atoms with Gasteiger partial charge in [-0.05, 0) is 23.3 Å². The number of thiophene rings is 1. The third kappa shape index (κ3) is 1.92. The number of primary amides is 1. The number of furan rings is 1. The van der Waals surface area contributed by atoms with Gasteiger partial charge in [-0.25, -0.2) is 0 Å². The Morgan fingerprint density at radius 3 is 2.52 bits per heavy atom. The van der Waals surface area contributed by atoms with Gasteiger partial charge >= 0.3 is 0 Å². The molecule has 1 amide bonds. The van der Waals surface area contributed by atoms with Crippen molar-refractivity contribution in [1.29, 1.82) is 0 Å². The molecule has 21 heavy (non-hydrogen) atoms. The highest BCUT2D eigenvalue weighted by Crippen LogP contribution is 2.38. The van der Waals surface area contributed by atoms with E-state index in [1.165, 1.54) is 0 Å². The molecule has 0 fully saturated rings. The smallest absolute Gasteiger partial charge is 0.284 e. The fourth-order valence-corrected chi connectivity index (χ4v) is 3.53. The Kier molecular flexibility index (Phi) is 2.59. The van der Waals surface area contributed by atoms with E-state index in [4.69, 9.17) is 10.2 Å². The molecule has 0 radical (unpaired) electrons. The first kappa shape index (κ1) is 12.2. The quantitative estimate of drug-likeness (QED) is 0.595. The van der Waals surface area contributed by atoms with Crippen LogP contribution in [0.3, 0.4) is 0 Å². The van der Waals surface area contributed by atoms with Crippen LogP contribution in [0.5, 0.6) is 0 Å². The number of rotatable bonds is 2. The lowest BCUT2D eigenvalue weighted by Gasteiger charge is -2.01. The molecule has 2 aromatic heterocycles. The monoisotopic (exact) mass is 293 g/mol. The van der Waals surface area contributed by atoms with Crippen molar-refractivity contribution >= 4 is 37.6 Å². The molecule has 2 N–H and O–H groups in total. The van der Waals surface area contributed by atoms with Crippen LogP contribution in [0, 0.1) is 0 Å². The van der Waals surface area contributed by atoms with Gasteiger partial charge < -0.3 is 10.2 Å². The highest BCUT2D eigenvalue weighted by atomic mass is 32.1. The number of benzene rings is 2. The normalized spacial score (nSPS) is 11.2. The standard InChI is InChI=1S/C17H11NO2S/c18-17(19)13-9-15-16(20-13)12-8-11(6-7-14(12)21-15)10-4-2-1-3-5-10/h1-9H,(H2,18,19). The Bertz CT molecular complexity index is 966. The summed E-state index contributed by atoms with van der Waals surface area (Å²) in [5.74, 6) is -0.325. The zero-order valence-corrected chi connectivity index (χ0v) is 11.8. The summed E-state index contributed by atoms with van der Waals surface area (Å²) in [6.45, 7) is 0. The van der Waals surface area contributed by atoms with Crippen molar-refractivity contribution in [3.05, 3.63) is 60.4 Å². The van der Waals surface area contributed by atoms with Gasteiger partial charge in [0.25, 0.3) is 5.91 Å². The second kappa shape index (κ2) is 4.46. The summed E-state index contributed by atoms with van der Waals surface area (Å²) in [7, 11) is 0. The molecule has 0 spiro atoms. The second-order valence-electron chi connectivity index (χ2n) is 4.85. The van der Waals surface area contributed by atoms with Crippen LogP contribution in [-0.2, 0) is 0 Å². The van der Waals surface area contributed by atoms with Gasteiger partial charge in [0, 0.05) is 16.2 Å². The van der Waals surface area contributed by atoms with Crippen LogP contribution in [0.2, 0.25) is 0 Å². The molecule has 0 atom stereocenters. The van der Waals surface area contributed by atoms with Crippen LogP contribution in [-0.4, -0.2) is 5.91 Å². The molecule has 0 unspecified atom stereocenters. The molecular weight excluding hydrogens is 282 g/mol. The molecule has 3 nitrogen and oxygen atoms in total. The van der Waals surface area contributed by atoms with Gasteiger partial charge in [-0.15, -0.1) is 11.3 Å². The average molecular weight is 293 g/mol. The molecule has 0 saturated heterocycles. The second-order valence-corrected chi connectivity index (χ2v) is 5.93. The van der Waals surface area contributed by atoms with E-state index in [0.29, 0.717) is 0 Å². The number of hydrogen-bond donors (Lipinski definition) is 1. The van der Waals surface area contributed by atoms with E-state index in [0.717, 1.165) is 31.5 Å². The lowest BCUT2D eigenvalue weighted by Crippen LogP contribution is -2.08.